The van der Waals surface area contributed by atoms with Gasteiger partial charge >= 0.3 is 0 Å². The summed E-state index contributed by atoms with van der Waals surface area (Å²) >= 11 is 0. The molecular weight excluding hydrogens is 278 g/mol. The number of methoxy groups -OCH3 is 2. The van der Waals surface area contributed by atoms with Gasteiger partial charge in [0.25, 0.3) is 0 Å². The maximum atomic E-state index is 5.28. The Hall–Kier alpha value is -2.82. The molecular formula is C17H17N3O2. The van der Waals surface area contributed by atoms with E-state index in [2.05, 4.69) is 15.3 Å². The number of aromatic nitrogens is 2. The highest BCUT2D eigenvalue weighted by Gasteiger charge is 2.04. The molecule has 0 spiro atoms. The van der Waals surface area contributed by atoms with Crippen molar-refractivity contribution >= 4 is 22.4 Å². The number of fused-ring (bicyclic) bond motifs is 1. The molecule has 2 aromatic carbocycles. The molecule has 1 heterocycles. The van der Waals surface area contributed by atoms with E-state index in [1.165, 1.54) is 0 Å². The zero-order chi connectivity index (χ0) is 15.5. The second kappa shape index (κ2) is 5.89. The van der Waals surface area contributed by atoms with E-state index in [0.717, 1.165) is 39.6 Å². The Bertz CT molecular complexity index is 796. The van der Waals surface area contributed by atoms with Gasteiger partial charge in [0.05, 0.1) is 30.9 Å². The van der Waals surface area contributed by atoms with Crippen LogP contribution in [0.2, 0.25) is 0 Å². The van der Waals surface area contributed by atoms with Crippen LogP contribution >= 0.6 is 0 Å². The van der Waals surface area contributed by atoms with Gasteiger partial charge in [-0.3, -0.25) is 4.98 Å². The van der Waals surface area contributed by atoms with Crippen molar-refractivity contribution in [3.8, 4) is 11.5 Å². The summed E-state index contributed by atoms with van der Waals surface area (Å²) < 4.78 is 10.6. The van der Waals surface area contributed by atoms with Crippen LogP contribution in [0.3, 0.4) is 0 Å². The van der Waals surface area contributed by atoms with E-state index in [9.17, 15) is 0 Å². The molecule has 112 valence electrons. The molecule has 1 N–H and O–H groups in total. The monoisotopic (exact) mass is 295 g/mol. The average Bonchev–Trinajstić information content (AvgIpc) is 2.54. The Morgan fingerprint density at radius 3 is 2.27 bits per heavy atom. The third-order valence-corrected chi connectivity index (χ3v) is 3.30. The highest BCUT2D eigenvalue weighted by atomic mass is 16.5. The van der Waals surface area contributed by atoms with Crippen LogP contribution in [0.5, 0.6) is 11.5 Å². The first kappa shape index (κ1) is 14.1. The summed E-state index contributed by atoms with van der Waals surface area (Å²) in [5.41, 5.74) is 4.45. The average molecular weight is 295 g/mol. The van der Waals surface area contributed by atoms with Gasteiger partial charge in [-0.1, -0.05) is 0 Å². The largest absolute Gasteiger partial charge is 0.497 e. The normalized spacial score (nSPS) is 10.5. The topological polar surface area (TPSA) is 56.3 Å². The van der Waals surface area contributed by atoms with Gasteiger partial charge in [-0.15, -0.1) is 0 Å². The Morgan fingerprint density at radius 1 is 0.864 bits per heavy atom. The van der Waals surface area contributed by atoms with Gasteiger partial charge in [-0.2, -0.15) is 0 Å². The number of hydrogen-bond donors (Lipinski definition) is 1. The van der Waals surface area contributed by atoms with Crippen LogP contribution in [0.4, 0.5) is 11.4 Å². The van der Waals surface area contributed by atoms with Gasteiger partial charge in [-0.05, 0) is 25.1 Å². The first-order valence-corrected chi connectivity index (χ1v) is 6.91. The van der Waals surface area contributed by atoms with Gasteiger partial charge in [0.15, 0.2) is 0 Å². The van der Waals surface area contributed by atoms with E-state index in [1.807, 2.05) is 43.3 Å². The molecule has 5 nitrogen and oxygen atoms in total. The van der Waals surface area contributed by atoms with Crippen molar-refractivity contribution in [3.63, 3.8) is 0 Å². The standard InChI is InChI=1S/C17H17N3O2/c1-11-10-18-16-5-4-12(8-17(16)19-11)20-13-6-14(21-2)9-15(7-13)22-3/h4-10,20H,1-3H3. The Labute approximate surface area is 128 Å². The van der Waals surface area contributed by atoms with E-state index in [4.69, 9.17) is 9.47 Å². The van der Waals surface area contributed by atoms with E-state index >= 15 is 0 Å². The predicted octanol–water partition coefficient (Wildman–Crippen LogP) is 3.70. The molecule has 22 heavy (non-hydrogen) atoms. The smallest absolute Gasteiger partial charge is 0.124 e. The van der Waals surface area contributed by atoms with Crippen molar-refractivity contribution in [2.45, 2.75) is 6.92 Å². The molecule has 0 radical (unpaired) electrons. The van der Waals surface area contributed by atoms with Crippen molar-refractivity contribution in [2.75, 3.05) is 19.5 Å². The minimum atomic E-state index is 0.735. The number of rotatable bonds is 4. The van der Waals surface area contributed by atoms with Gasteiger partial charge in [0.1, 0.15) is 11.5 Å². The molecule has 0 fully saturated rings. The lowest BCUT2D eigenvalue weighted by Crippen LogP contribution is -1.95. The number of ether oxygens (including phenoxy) is 2. The van der Waals surface area contributed by atoms with E-state index in [1.54, 1.807) is 20.4 Å². The minimum absolute atomic E-state index is 0.735. The van der Waals surface area contributed by atoms with Crippen LogP contribution in [0, 0.1) is 6.92 Å². The number of hydrogen-bond acceptors (Lipinski definition) is 5. The highest BCUT2D eigenvalue weighted by Crippen LogP contribution is 2.28. The Morgan fingerprint density at radius 2 is 1.59 bits per heavy atom. The number of nitrogens with one attached hydrogen (secondary N) is 1. The maximum Gasteiger partial charge on any atom is 0.124 e. The summed E-state index contributed by atoms with van der Waals surface area (Å²) in [5.74, 6) is 1.47. The number of anilines is 2. The summed E-state index contributed by atoms with van der Waals surface area (Å²) in [6, 6.07) is 11.5. The van der Waals surface area contributed by atoms with Crippen LogP contribution in [0.15, 0.2) is 42.6 Å². The molecule has 0 aliphatic carbocycles. The zero-order valence-electron chi connectivity index (χ0n) is 12.8. The van der Waals surface area contributed by atoms with Gasteiger partial charge in [-0.25, -0.2) is 4.98 Å². The predicted molar refractivity (Wildman–Crippen MR) is 87.1 cm³/mol. The van der Waals surface area contributed by atoms with Crippen molar-refractivity contribution in [3.05, 3.63) is 48.3 Å². The first-order chi connectivity index (χ1) is 10.7. The lowest BCUT2D eigenvalue weighted by atomic mass is 10.2. The third-order valence-electron chi connectivity index (χ3n) is 3.30. The first-order valence-electron chi connectivity index (χ1n) is 6.91. The fourth-order valence-electron chi connectivity index (χ4n) is 2.23. The quantitative estimate of drug-likeness (QED) is 0.795. The highest BCUT2D eigenvalue weighted by molar-refractivity contribution is 5.80. The molecule has 0 bridgehead atoms. The van der Waals surface area contributed by atoms with Crippen LogP contribution < -0.4 is 14.8 Å². The van der Waals surface area contributed by atoms with Crippen LogP contribution in [0.25, 0.3) is 11.0 Å². The Kier molecular flexibility index (Phi) is 3.78. The zero-order valence-corrected chi connectivity index (χ0v) is 12.8. The fourth-order valence-corrected chi connectivity index (χ4v) is 2.23. The van der Waals surface area contributed by atoms with Gasteiger partial charge in [0.2, 0.25) is 0 Å². The number of aryl methyl sites for hydroxylation is 1. The fraction of sp³-hybridized carbons (Fsp3) is 0.176. The van der Waals surface area contributed by atoms with Crippen molar-refractivity contribution in [1.29, 1.82) is 0 Å². The lowest BCUT2D eigenvalue weighted by Gasteiger charge is -2.11. The van der Waals surface area contributed by atoms with E-state index < -0.39 is 0 Å². The summed E-state index contributed by atoms with van der Waals surface area (Å²) in [5, 5.41) is 3.34. The lowest BCUT2D eigenvalue weighted by molar-refractivity contribution is 0.395. The number of benzene rings is 2. The van der Waals surface area contributed by atoms with Crippen LogP contribution in [-0.4, -0.2) is 24.2 Å². The molecule has 0 amide bonds. The maximum absolute atomic E-state index is 5.28. The summed E-state index contributed by atoms with van der Waals surface area (Å²) in [7, 11) is 3.26. The Balaban J connectivity index is 1.95. The van der Waals surface area contributed by atoms with Gasteiger partial charge < -0.3 is 14.8 Å². The molecule has 0 unspecified atom stereocenters. The summed E-state index contributed by atoms with van der Waals surface area (Å²) in [6.07, 6.45) is 1.77. The van der Waals surface area contributed by atoms with Gasteiger partial charge in [0, 0.05) is 35.8 Å². The molecule has 0 aliphatic heterocycles. The van der Waals surface area contributed by atoms with Crippen molar-refractivity contribution in [1.82, 2.24) is 9.97 Å². The summed E-state index contributed by atoms with van der Waals surface area (Å²) in [4.78, 5) is 8.85. The molecule has 0 aliphatic rings. The van der Waals surface area contributed by atoms with Crippen molar-refractivity contribution < 1.29 is 9.47 Å². The summed E-state index contributed by atoms with van der Waals surface area (Å²) in [6.45, 7) is 1.93. The minimum Gasteiger partial charge on any atom is -0.497 e. The third kappa shape index (κ3) is 2.93. The molecule has 3 rings (SSSR count). The molecule has 1 aromatic heterocycles. The van der Waals surface area contributed by atoms with Crippen LogP contribution in [-0.2, 0) is 0 Å². The molecule has 3 aromatic rings. The molecule has 0 atom stereocenters. The SMILES string of the molecule is COc1cc(Nc2ccc3ncc(C)nc3c2)cc(OC)c1. The molecule has 0 saturated heterocycles. The van der Waals surface area contributed by atoms with Crippen molar-refractivity contribution in [2.24, 2.45) is 0 Å². The number of nitrogens with zero attached hydrogens (tertiary/aromatic N) is 2. The molecule has 5 heteroatoms. The van der Waals surface area contributed by atoms with E-state index in [0.29, 0.717) is 0 Å². The second-order valence-electron chi connectivity index (χ2n) is 4.94. The second-order valence-corrected chi connectivity index (χ2v) is 4.94. The van der Waals surface area contributed by atoms with Crippen LogP contribution in [0.1, 0.15) is 5.69 Å². The molecule has 0 saturated carbocycles. The van der Waals surface area contributed by atoms with E-state index in [-0.39, 0.29) is 0 Å².